The molecule has 1 saturated heterocycles. The summed E-state index contributed by atoms with van der Waals surface area (Å²) in [4.78, 5) is 12.7. The number of hydrogen-bond acceptors (Lipinski definition) is 4. The van der Waals surface area contributed by atoms with E-state index in [1.54, 1.807) is 17.0 Å². The molecule has 21 heavy (non-hydrogen) atoms. The van der Waals surface area contributed by atoms with Crippen LogP contribution in [0, 0.1) is 0 Å². The number of carbonyl (C=O) groups is 1. The highest BCUT2D eigenvalue weighted by Crippen LogP contribution is 2.17. The van der Waals surface area contributed by atoms with Crippen molar-refractivity contribution in [3.63, 3.8) is 0 Å². The van der Waals surface area contributed by atoms with E-state index in [9.17, 15) is 13.2 Å². The molecule has 2 amide bonds. The number of likely N-dealkylation sites (tertiary alicyclic amines) is 1. The first kappa shape index (κ1) is 15.6. The highest BCUT2D eigenvalue weighted by molar-refractivity contribution is 7.88. The summed E-state index contributed by atoms with van der Waals surface area (Å²) >= 11 is 0. The second-order valence-electron chi connectivity index (χ2n) is 5.25. The maximum Gasteiger partial charge on any atom is 0.314 e. The number of benzene rings is 1. The Labute approximate surface area is 124 Å². The molecule has 0 aliphatic carbocycles. The predicted octanol–water partition coefficient (Wildman–Crippen LogP) is 0.430. The van der Waals surface area contributed by atoms with E-state index < -0.39 is 10.0 Å². The molecule has 1 aromatic carbocycles. The standard InChI is InChI=1S/C13H20N4O3S/c14-13(18)17-7-5-12(6-8-17)16-11-3-1-10(2-4-11)9-21(15,19)20/h1-4,12,16H,5-9H2,(H2,14,18)(H2,15,19,20). The van der Waals surface area contributed by atoms with Gasteiger partial charge in [0.2, 0.25) is 10.0 Å². The fraction of sp³-hybridized carbons (Fsp3) is 0.462. The lowest BCUT2D eigenvalue weighted by atomic mass is 10.0. The van der Waals surface area contributed by atoms with Crippen molar-refractivity contribution in [3.8, 4) is 0 Å². The smallest absolute Gasteiger partial charge is 0.314 e. The third kappa shape index (κ3) is 4.91. The molecule has 1 heterocycles. The summed E-state index contributed by atoms with van der Waals surface area (Å²) in [5, 5.41) is 8.38. The largest absolute Gasteiger partial charge is 0.382 e. The van der Waals surface area contributed by atoms with Crippen molar-refractivity contribution in [2.45, 2.75) is 24.6 Å². The van der Waals surface area contributed by atoms with Gasteiger partial charge >= 0.3 is 6.03 Å². The van der Waals surface area contributed by atoms with Gasteiger partial charge in [0, 0.05) is 24.8 Å². The van der Waals surface area contributed by atoms with Crippen LogP contribution in [0.15, 0.2) is 24.3 Å². The zero-order chi connectivity index (χ0) is 15.5. The van der Waals surface area contributed by atoms with Crippen molar-refractivity contribution in [2.75, 3.05) is 18.4 Å². The van der Waals surface area contributed by atoms with Gasteiger partial charge < -0.3 is 16.0 Å². The number of primary amides is 1. The quantitative estimate of drug-likeness (QED) is 0.747. The lowest BCUT2D eigenvalue weighted by molar-refractivity contribution is 0.193. The molecule has 2 rings (SSSR count). The molecule has 7 nitrogen and oxygen atoms in total. The minimum atomic E-state index is -3.50. The molecule has 1 aromatic rings. The van der Waals surface area contributed by atoms with E-state index in [0.29, 0.717) is 18.7 Å². The first-order valence-corrected chi connectivity index (χ1v) is 8.45. The van der Waals surface area contributed by atoms with E-state index in [0.717, 1.165) is 18.5 Å². The third-order valence-electron chi connectivity index (χ3n) is 3.50. The van der Waals surface area contributed by atoms with Gasteiger partial charge in [0.05, 0.1) is 5.75 Å². The number of sulfonamides is 1. The molecule has 1 fully saturated rings. The van der Waals surface area contributed by atoms with Gasteiger partial charge in [-0.05, 0) is 30.5 Å². The second-order valence-corrected chi connectivity index (χ2v) is 6.86. The van der Waals surface area contributed by atoms with Crippen molar-refractivity contribution in [1.29, 1.82) is 0 Å². The number of urea groups is 1. The van der Waals surface area contributed by atoms with Crippen LogP contribution in [0.5, 0.6) is 0 Å². The van der Waals surface area contributed by atoms with E-state index >= 15 is 0 Å². The van der Waals surface area contributed by atoms with Crippen LogP contribution in [0.3, 0.4) is 0 Å². The maximum atomic E-state index is 11.0. The first-order chi connectivity index (χ1) is 9.83. The van der Waals surface area contributed by atoms with Gasteiger partial charge in [-0.3, -0.25) is 0 Å². The molecule has 0 atom stereocenters. The number of amides is 2. The fourth-order valence-electron chi connectivity index (χ4n) is 2.41. The van der Waals surface area contributed by atoms with Crippen molar-refractivity contribution in [2.24, 2.45) is 10.9 Å². The lowest BCUT2D eigenvalue weighted by Crippen LogP contribution is -2.44. The summed E-state index contributed by atoms with van der Waals surface area (Å²) in [6.07, 6.45) is 1.67. The molecule has 0 radical (unpaired) electrons. The van der Waals surface area contributed by atoms with Gasteiger partial charge in [0.1, 0.15) is 0 Å². The summed E-state index contributed by atoms with van der Waals surface area (Å²) in [5.74, 6) is -0.162. The summed E-state index contributed by atoms with van der Waals surface area (Å²) in [6.45, 7) is 1.30. The van der Waals surface area contributed by atoms with Crippen LogP contribution in [-0.2, 0) is 15.8 Å². The number of anilines is 1. The monoisotopic (exact) mass is 312 g/mol. The molecular weight excluding hydrogens is 292 g/mol. The van der Waals surface area contributed by atoms with Gasteiger partial charge in [-0.25, -0.2) is 18.4 Å². The van der Waals surface area contributed by atoms with E-state index in [-0.39, 0.29) is 17.8 Å². The lowest BCUT2D eigenvalue weighted by Gasteiger charge is -2.31. The summed E-state index contributed by atoms with van der Waals surface area (Å²) in [7, 11) is -3.50. The topological polar surface area (TPSA) is 119 Å². The Bertz CT molecular complexity index is 592. The van der Waals surface area contributed by atoms with Crippen LogP contribution in [-0.4, -0.2) is 38.5 Å². The van der Waals surface area contributed by atoms with Gasteiger partial charge in [-0.15, -0.1) is 0 Å². The molecule has 0 saturated carbocycles. The van der Waals surface area contributed by atoms with Crippen LogP contribution in [0.4, 0.5) is 10.5 Å². The zero-order valence-corrected chi connectivity index (χ0v) is 12.5. The molecule has 5 N–H and O–H groups in total. The normalized spacial score (nSPS) is 16.7. The molecule has 8 heteroatoms. The van der Waals surface area contributed by atoms with Crippen molar-refractivity contribution < 1.29 is 13.2 Å². The van der Waals surface area contributed by atoms with Gasteiger partial charge in [0.25, 0.3) is 0 Å². The van der Waals surface area contributed by atoms with E-state index in [1.165, 1.54) is 0 Å². The number of piperidine rings is 1. The highest BCUT2D eigenvalue weighted by Gasteiger charge is 2.20. The molecule has 1 aliphatic rings. The summed E-state index contributed by atoms with van der Waals surface area (Å²) in [6, 6.07) is 7.06. The zero-order valence-electron chi connectivity index (χ0n) is 11.7. The summed E-state index contributed by atoms with van der Waals surface area (Å²) < 4.78 is 22.0. The van der Waals surface area contributed by atoms with E-state index in [4.69, 9.17) is 10.9 Å². The number of carbonyl (C=O) groups excluding carboxylic acids is 1. The van der Waals surface area contributed by atoms with Crippen molar-refractivity contribution >= 4 is 21.7 Å². The van der Waals surface area contributed by atoms with Gasteiger partial charge in [-0.2, -0.15) is 0 Å². The number of hydrogen-bond donors (Lipinski definition) is 3. The Morgan fingerprint density at radius 1 is 1.24 bits per heavy atom. The van der Waals surface area contributed by atoms with Crippen LogP contribution < -0.4 is 16.2 Å². The molecular formula is C13H20N4O3S. The second kappa shape index (κ2) is 6.31. The minimum Gasteiger partial charge on any atom is -0.382 e. The Kier molecular flexibility index (Phi) is 4.69. The van der Waals surface area contributed by atoms with Crippen LogP contribution in [0.1, 0.15) is 18.4 Å². The Morgan fingerprint density at radius 2 is 1.81 bits per heavy atom. The third-order valence-corrected chi connectivity index (χ3v) is 4.23. The highest BCUT2D eigenvalue weighted by atomic mass is 32.2. The average molecular weight is 312 g/mol. The minimum absolute atomic E-state index is 0.162. The average Bonchev–Trinajstić information content (AvgIpc) is 2.40. The number of nitrogens with two attached hydrogens (primary N) is 2. The predicted molar refractivity (Wildman–Crippen MR) is 81.1 cm³/mol. The molecule has 0 bridgehead atoms. The van der Waals surface area contributed by atoms with Gasteiger partial charge in [0.15, 0.2) is 0 Å². The molecule has 116 valence electrons. The van der Waals surface area contributed by atoms with E-state index in [1.807, 2.05) is 12.1 Å². The van der Waals surface area contributed by atoms with E-state index in [2.05, 4.69) is 5.32 Å². The van der Waals surface area contributed by atoms with Crippen LogP contribution in [0.2, 0.25) is 0 Å². The number of nitrogens with zero attached hydrogens (tertiary/aromatic N) is 1. The van der Waals surface area contributed by atoms with Crippen LogP contribution >= 0.6 is 0 Å². The van der Waals surface area contributed by atoms with Crippen LogP contribution in [0.25, 0.3) is 0 Å². The summed E-state index contributed by atoms with van der Waals surface area (Å²) in [5.41, 5.74) is 6.82. The number of rotatable bonds is 4. The molecule has 0 aromatic heterocycles. The SMILES string of the molecule is NC(=O)N1CCC(Nc2ccc(CS(N)(=O)=O)cc2)CC1. The van der Waals surface area contributed by atoms with Crippen molar-refractivity contribution in [3.05, 3.63) is 29.8 Å². The van der Waals surface area contributed by atoms with Crippen molar-refractivity contribution in [1.82, 2.24) is 4.90 Å². The molecule has 1 aliphatic heterocycles. The van der Waals surface area contributed by atoms with Gasteiger partial charge in [-0.1, -0.05) is 12.1 Å². The number of nitrogens with one attached hydrogen (secondary N) is 1. The number of primary sulfonamides is 1. The fourth-order valence-corrected chi connectivity index (χ4v) is 3.07. The molecule has 0 spiro atoms. The first-order valence-electron chi connectivity index (χ1n) is 6.74. The Hall–Kier alpha value is -1.80. The Balaban J connectivity index is 1.88. The maximum absolute atomic E-state index is 11.0. The molecule has 0 unspecified atom stereocenters. The Morgan fingerprint density at radius 3 is 2.29 bits per heavy atom.